The van der Waals surface area contributed by atoms with Crippen LogP contribution in [-0.4, -0.2) is 46.5 Å². The molecule has 0 atom stereocenters. The van der Waals surface area contributed by atoms with Crippen molar-refractivity contribution in [1.29, 1.82) is 0 Å². The first-order valence-electron chi connectivity index (χ1n) is 9.79. The number of aromatic nitrogens is 4. The molecular weight excluding hydrogens is 468 g/mol. The van der Waals surface area contributed by atoms with Crippen molar-refractivity contribution in [2.45, 2.75) is 16.7 Å². The van der Waals surface area contributed by atoms with Crippen LogP contribution >= 0.6 is 23.4 Å². The molecule has 11 heteroatoms. The van der Waals surface area contributed by atoms with Gasteiger partial charge in [-0.15, -0.1) is 0 Å². The highest BCUT2D eigenvalue weighted by atomic mass is 35.5. The van der Waals surface area contributed by atoms with E-state index in [1.807, 2.05) is 12.1 Å². The van der Waals surface area contributed by atoms with Crippen LogP contribution in [0.1, 0.15) is 17.3 Å². The lowest BCUT2D eigenvalue weighted by atomic mass is 10.2. The fourth-order valence-corrected chi connectivity index (χ4v) is 4.24. The van der Waals surface area contributed by atoms with E-state index < -0.39 is 5.97 Å². The van der Waals surface area contributed by atoms with Gasteiger partial charge in [-0.3, -0.25) is 9.78 Å². The van der Waals surface area contributed by atoms with Crippen LogP contribution in [0.3, 0.4) is 0 Å². The van der Waals surface area contributed by atoms with Crippen LogP contribution in [0.5, 0.6) is 11.5 Å². The molecule has 0 aliphatic heterocycles. The van der Waals surface area contributed by atoms with E-state index in [1.54, 1.807) is 39.3 Å². The number of aromatic amines is 1. The quantitative estimate of drug-likeness (QED) is 0.389. The van der Waals surface area contributed by atoms with Crippen molar-refractivity contribution in [3.8, 4) is 17.4 Å². The number of hydrogen-bond acceptors (Lipinski definition) is 8. The summed E-state index contributed by atoms with van der Waals surface area (Å²) >= 11 is 7.89. The van der Waals surface area contributed by atoms with Crippen LogP contribution in [0.4, 0.5) is 0 Å². The summed E-state index contributed by atoms with van der Waals surface area (Å²) in [7, 11) is 3.13. The van der Waals surface area contributed by atoms with Gasteiger partial charge in [0.05, 0.1) is 48.5 Å². The Kier molecular flexibility index (Phi) is 6.57. The van der Waals surface area contributed by atoms with Crippen molar-refractivity contribution in [1.82, 2.24) is 19.7 Å². The maximum absolute atomic E-state index is 12.8. The highest BCUT2D eigenvalue weighted by Crippen LogP contribution is 2.38. The molecule has 2 aromatic carbocycles. The number of hydrogen-bond donors (Lipinski definition) is 1. The predicted molar refractivity (Wildman–Crippen MR) is 124 cm³/mol. The molecule has 0 fully saturated rings. The Morgan fingerprint density at radius 1 is 1.18 bits per heavy atom. The van der Waals surface area contributed by atoms with Gasteiger partial charge in [0.2, 0.25) is 5.95 Å². The summed E-state index contributed by atoms with van der Waals surface area (Å²) in [5, 5.41) is 4.88. The minimum atomic E-state index is -0.508. The second-order valence-electron chi connectivity index (χ2n) is 6.70. The number of H-pyrrole nitrogens is 1. The van der Waals surface area contributed by atoms with Gasteiger partial charge in [-0.05, 0) is 37.3 Å². The van der Waals surface area contributed by atoms with Crippen LogP contribution < -0.4 is 15.0 Å². The lowest BCUT2D eigenvalue weighted by Gasteiger charge is -2.11. The molecule has 33 heavy (non-hydrogen) atoms. The minimum absolute atomic E-state index is 0.152. The van der Waals surface area contributed by atoms with Crippen molar-refractivity contribution < 1.29 is 19.0 Å². The number of methoxy groups -OCH3 is 2. The second kappa shape index (κ2) is 9.55. The summed E-state index contributed by atoms with van der Waals surface area (Å²) in [4.78, 5) is 33.3. The zero-order chi connectivity index (χ0) is 23.5. The molecule has 0 aliphatic rings. The Labute approximate surface area is 197 Å². The zero-order valence-electron chi connectivity index (χ0n) is 17.9. The van der Waals surface area contributed by atoms with Crippen molar-refractivity contribution in [3.05, 3.63) is 63.7 Å². The maximum Gasteiger partial charge on any atom is 0.341 e. The summed E-state index contributed by atoms with van der Waals surface area (Å²) in [6.07, 6.45) is 2.78. The first kappa shape index (κ1) is 22.7. The smallest absolute Gasteiger partial charge is 0.341 e. The van der Waals surface area contributed by atoms with Gasteiger partial charge < -0.3 is 14.2 Å². The summed E-state index contributed by atoms with van der Waals surface area (Å²) in [6, 6.07) is 8.80. The Morgan fingerprint density at radius 3 is 2.70 bits per heavy atom. The van der Waals surface area contributed by atoms with E-state index in [4.69, 9.17) is 25.8 Å². The van der Waals surface area contributed by atoms with Crippen LogP contribution in [0.15, 0.2) is 57.3 Å². The molecular formula is C22H19ClN4O5S. The third-order valence-electron chi connectivity index (χ3n) is 4.64. The Morgan fingerprint density at radius 2 is 1.97 bits per heavy atom. The molecule has 0 unspecified atom stereocenters. The Hall–Kier alpha value is -3.50. The van der Waals surface area contributed by atoms with E-state index in [0.717, 1.165) is 4.90 Å². The number of benzene rings is 2. The molecule has 2 heterocycles. The SMILES string of the molecule is CCOC(=O)c1cnn(-c2nc3cc(Cl)c(Sc4ccc(OC)c(OC)c4)cc3c(=O)[nH]2)c1. The molecule has 0 saturated carbocycles. The number of carbonyl (C=O) groups excluding carboxylic acids is 1. The highest BCUT2D eigenvalue weighted by Gasteiger charge is 2.15. The number of rotatable bonds is 7. The standard InChI is InChI=1S/C22H19ClN4O5S/c1-4-32-21(29)12-10-24-27(11-12)22-25-16-9-15(23)19(8-14(16)20(28)26-22)33-13-5-6-17(30-2)18(7-13)31-3/h5-11H,4H2,1-3H3,(H,25,26,28). The van der Waals surface area contributed by atoms with Gasteiger partial charge >= 0.3 is 5.97 Å². The fraction of sp³-hybridized carbons (Fsp3) is 0.182. The maximum atomic E-state index is 12.8. The Bertz CT molecular complexity index is 1400. The van der Waals surface area contributed by atoms with E-state index in [0.29, 0.717) is 32.3 Å². The van der Waals surface area contributed by atoms with E-state index in [-0.39, 0.29) is 23.7 Å². The van der Waals surface area contributed by atoms with Gasteiger partial charge in [0.15, 0.2) is 11.5 Å². The average molecular weight is 487 g/mol. The average Bonchev–Trinajstić information content (AvgIpc) is 3.30. The molecule has 4 aromatic rings. The number of halogens is 1. The number of esters is 1. The zero-order valence-corrected chi connectivity index (χ0v) is 19.5. The van der Waals surface area contributed by atoms with E-state index >= 15 is 0 Å². The number of nitrogens with zero attached hydrogens (tertiary/aromatic N) is 3. The third-order valence-corrected chi connectivity index (χ3v) is 6.11. The van der Waals surface area contributed by atoms with Crippen molar-refractivity contribution in [3.63, 3.8) is 0 Å². The summed E-state index contributed by atoms with van der Waals surface area (Å²) < 4.78 is 16.9. The monoisotopic (exact) mass is 486 g/mol. The first-order chi connectivity index (χ1) is 15.9. The third kappa shape index (κ3) is 4.67. The van der Waals surface area contributed by atoms with Gasteiger partial charge in [-0.2, -0.15) is 5.10 Å². The molecule has 2 aromatic heterocycles. The topological polar surface area (TPSA) is 108 Å². The van der Waals surface area contributed by atoms with E-state index in [1.165, 1.54) is 28.8 Å². The van der Waals surface area contributed by atoms with Crippen LogP contribution in [0.2, 0.25) is 5.02 Å². The normalized spacial score (nSPS) is 10.9. The molecule has 4 rings (SSSR count). The van der Waals surface area contributed by atoms with Crippen LogP contribution in [0, 0.1) is 0 Å². The lowest BCUT2D eigenvalue weighted by Crippen LogP contribution is -2.14. The van der Waals surface area contributed by atoms with Crippen molar-refractivity contribution >= 4 is 40.2 Å². The second-order valence-corrected chi connectivity index (χ2v) is 8.22. The number of ether oxygens (including phenoxy) is 3. The lowest BCUT2D eigenvalue weighted by molar-refractivity contribution is 0.0526. The molecule has 0 saturated heterocycles. The molecule has 0 bridgehead atoms. The summed E-state index contributed by atoms with van der Waals surface area (Å²) in [6.45, 7) is 1.96. The number of nitrogens with one attached hydrogen (secondary N) is 1. The summed E-state index contributed by atoms with van der Waals surface area (Å²) in [5.41, 5.74) is 0.275. The van der Waals surface area contributed by atoms with Crippen LogP contribution in [-0.2, 0) is 4.74 Å². The molecule has 0 radical (unpaired) electrons. The van der Waals surface area contributed by atoms with Crippen molar-refractivity contribution in [2.75, 3.05) is 20.8 Å². The van der Waals surface area contributed by atoms with E-state index in [9.17, 15) is 9.59 Å². The Balaban J connectivity index is 1.68. The number of fused-ring (bicyclic) bond motifs is 1. The largest absolute Gasteiger partial charge is 0.493 e. The summed E-state index contributed by atoms with van der Waals surface area (Å²) in [5.74, 6) is 0.848. The van der Waals surface area contributed by atoms with E-state index in [2.05, 4.69) is 15.1 Å². The van der Waals surface area contributed by atoms with Gasteiger partial charge in [0, 0.05) is 16.0 Å². The van der Waals surface area contributed by atoms with Gasteiger partial charge in [-0.25, -0.2) is 14.5 Å². The van der Waals surface area contributed by atoms with Gasteiger partial charge in [0.25, 0.3) is 5.56 Å². The fourth-order valence-electron chi connectivity index (χ4n) is 3.08. The molecule has 170 valence electrons. The molecule has 1 N–H and O–H groups in total. The molecule has 0 spiro atoms. The molecule has 0 amide bonds. The van der Waals surface area contributed by atoms with Crippen molar-refractivity contribution in [2.24, 2.45) is 0 Å². The predicted octanol–water partition coefficient (Wildman–Crippen LogP) is 4.11. The minimum Gasteiger partial charge on any atom is -0.493 e. The number of carbonyl (C=O) groups is 1. The first-order valence-corrected chi connectivity index (χ1v) is 11.0. The van der Waals surface area contributed by atoms with Gasteiger partial charge in [-0.1, -0.05) is 23.4 Å². The highest BCUT2D eigenvalue weighted by molar-refractivity contribution is 7.99. The molecule has 0 aliphatic carbocycles. The van der Waals surface area contributed by atoms with Gasteiger partial charge in [0.1, 0.15) is 0 Å². The molecule has 9 nitrogen and oxygen atoms in total. The van der Waals surface area contributed by atoms with Crippen LogP contribution in [0.25, 0.3) is 16.9 Å².